The molecule has 2 heterocycles. The second kappa shape index (κ2) is 10.3. The molecule has 37 heavy (non-hydrogen) atoms. The van der Waals surface area contributed by atoms with Crippen LogP contribution in [0.5, 0.6) is 23.0 Å². The fourth-order valence-electron chi connectivity index (χ4n) is 4.60. The number of carbonyl (C=O) groups is 2. The van der Waals surface area contributed by atoms with Gasteiger partial charge in [-0.15, -0.1) is 0 Å². The van der Waals surface area contributed by atoms with Crippen molar-refractivity contribution in [1.29, 1.82) is 0 Å². The summed E-state index contributed by atoms with van der Waals surface area (Å²) in [5.41, 5.74) is 1.83. The van der Waals surface area contributed by atoms with E-state index in [0.717, 1.165) is 5.56 Å². The third kappa shape index (κ3) is 4.70. The summed E-state index contributed by atoms with van der Waals surface area (Å²) in [6.07, 6.45) is 0. The van der Waals surface area contributed by atoms with Crippen LogP contribution in [0.2, 0.25) is 0 Å². The van der Waals surface area contributed by atoms with Gasteiger partial charge in [-0.25, -0.2) is 0 Å². The number of aliphatic hydroxyl groups is 1. The van der Waals surface area contributed by atoms with E-state index in [2.05, 4.69) is 0 Å². The quantitative estimate of drug-likeness (QED) is 0.290. The van der Waals surface area contributed by atoms with Crippen molar-refractivity contribution in [2.75, 3.05) is 26.9 Å². The molecule has 0 saturated carbocycles. The van der Waals surface area contributed by atoms with Gasteiger partial charge in [0, 0.05) is 12.1 Å². The first-order chi connectivity index (χ1) is 18.0. The molecule has 1 amide bonds. The molecule has 1 N–H and O–H groups in total. The number of nitrogens with zero attached hydrogens (tertiary/aromatic N) is 1. The molecule has 2 aliphatic rings. The normalized spacial score (nSPS) is 18.1. The molecule has 1 atom stereocenters. The maximum absolute atomic E-state index is 13.4. The maximum atomic E-state index is 13.4. The number of likely N-dealkylation sites (tertiary alicyclic amines) is 1. The van der Waals surface area contributed by atoms with E-state index in [1.54, 1.807) is 49.6 Å². The van der Waals surface area contributed by atoms with Crippen molar-refractivity contribution in [1.82, 2.24) is 4.90 Å². The Morgan fingerprint density at radius 1 is 0.973 bits per heavy atom. The molecule has 0 radical (unpaired) electrons. The summed E-state index contributed by atoms with van der Waals surface area (Å²) in [6, 6.07) is 18.6. The minimum absolute atomic E-state index is 0.00355. The fraction of sp³-hybridized carbons (Fsp3) is 0.241. The standard InChI is InChI=1S/C29H27NO7/c1-3-35-22-6-4-5-19(15-22)26-25(27(31)20-9-12-23-24(16-20)37-14-13-36-23)28(32)29(33)30(26)17-18-7-10-21(34-2)11-8-18/h4-12,15-16,26,31H,3,13-14,17H2,1-2H3/b27-25-. The molecule has 3 aromatic rings. The van der Waals surface area contributed by atoms with Gasteiger partial charge in [-0.3, -0.25) is 9.59 Å². The van der Waals surface area contributed by atoms with Crippen LogP contribution in [0.25, 0.3) is 5.76 Å². The smallest absolute Gasteiger partial charge is 0.295 e. The Kier molecular flexibility index (Phi) is 6.72. The molecule has 5 rings (SSSR count). The third-order valence-electron chi connectivity index (χ3n) is 6.35. The number of carbonyl (C=O) groups excluding carboxylic acids is 2. The van der Waals surface area contributed by atoms with Gasteiger partial charge in [0.15, 0.2) is 11.5 Å². The van der Waals surface area contributed by atoms with Gasteiger partial charge < -0.3 is 29.0 Å². The topological polar surface area (TPSA) is 94.5 Å². The van der Waals surface area contributed by atoms with Crippen LogP contribution >= 0.6 is 0 Å². The van der Waals surface area contributed by atoms with Crippen LogP contribution in [0.3, 0.4) is 0 Å². The Labute approximate surface area is 214 Å². The summed E-state index contributed by atoms with van der Waals surface area (Å²) in [4.78, 5) is 28.2. The van der Waals surface area contributed by atoms with Gasteiger partial charge in [0.05, 0.1) is 25.3 Å². The highest BCUT2D eigenvalue weighted by atomic mass is 16.6. The number of amides is 1. The Hall–Kier alpha value is -4.46. The van der Waals surface area contributed by atoms with Crippen LogP contribution < -0.4 is 18.9 Å². The van der Waals surface area contributed by atoms with E-state index in [0.29, 0.717) is 53.9 Å². The minimum atomic E-state index is -0.823. The predicted molar refractivity (Wildman–Crippen MR) is 136 cm³/mol. The average Bonchev–Trinajstić information content (AvgIpc) is 3.18. The molecule has 0 aromatic heterocycles. The zero-order valence-electron chi connectivity index (χ0n) is 20.6. The van der Waals surface area contributed by atoms with Gasteiger partial charge >= 0.3 is 0 Å². The average molecular weight is 502 g/mol. The van der Waals surface area contributed by atoms with Crippen LogP contribution in [-0.4, -0.2) is 48.6 Å². The van der Waals surface area contributed by atoms with Crippen molar-refractivity contribution >= 4 is 17.4 Å². The molecule has 190 valence electrons. The summed E-state index contributed by atoms with van der Waals surface area (Å²) in [7, 11) is 1.58. The summed E-state index contributed by atoms with van der Waals surface area (Å²) in [5.74, 6) is 0.593. The summed E-state index contributed by atoms with van der Waals surface area (Å²) < 4.78 is 22.1. The van der Waals surface area contributed by atoms with Crippen molar-refractivity contribution in [2.24, 2.45) is 0 Å². The van der Waals surface area contributed by atoms with E-state index in [1.807, 2.05) is 31.2 Å². The molecule has 0 bridgehead atoms. The molecule has 0 spiro atoms. The molecule has 1 unspecified atom stereocenters. The SMILES string of the molecule is CCOc1cccc(C2/C(=C(/O)c3ccc4c(c3)OCCO4)C(=O)C(=O)N2Cc2ccc(OC)cc2)c1. The molecule has 1 saturated heterocycles. The molecule has 8 heteroatoms. The number of hydrogen-bond acceptors (Lipinski definition) is 7. The van der Waals surface area contributed by atoms with E-state index in [1.165, 1.54) is 4.90 Å². The van der Waals surface area contributed by atoms with Gasteiger partial charge in [0.2, 0.25) is 0 Å². The first kappa shape index (κ1) is 24.2. The van der Waals surface area contributed by atoms with E-state index < -0.39 is 17.7 Å². The highest BCUT2D eigenvalue weighted by Gasteiger charge is 2.46. The molecule has 0 aliphatic carbocycles. The van der Waals surface area contributed by atoms with Crippen molar-refractivity contribution in [3.05, 3.63) is 89.0 Å². The summed E-state index contributed by atoms with van der Waals surface area (Å²) in [6.45, 7) is 3.33. The molecular formula is C29H27NO7. The Morgan fingerprint density at radius 3 is 2.46 bits per heavy atom. The second-order valence-corrected chi connectivity index (χ2v) is 8.64. The molecule has 3 aromatic carbocycles. The lowest BCUT2D eigenvalue weighted by molar-refractivity contribution is -0.140. The lowest BCUT2D eigenvalue weighted by atomic mass is 9.94. The molecular weight excluding hydrogens is 474 g/mol. The molecule has 1 fully saturated rings. The van der Waals surface area contributed by atoms with Gasteiger partial charge in [-0.2, -0.15) is 0 Å². The monoisotopic (exact) mass is 501 g/mol. The number of benzene rings is 3. The van der Waals surface area contributed by atoms with E-state index >= 15 is 0 Å². The van der Waals surface area contributed by atoms with Crippen LogP contribution in [0, 0.1) is 0 Å². The number of rotatable bonds is 7. The largest absolute Gasteiger partial charge is 0.507 e. The summed E-state index contributed by atoms with van der Waals surface area (Å²) in [5, 5.41) is 11.4. The number of hydrogen-bond donors (Lipinski definition) is 1. The highest BCUT2D eigenvalue weighted by molar-refractivity contribution is 6.46. The Morgan fingerprint density at radius 2 is 1.73 bits per heavy atom. The first-order valence-corrected chi connectivity index (χ1v) is 12.0. The number of ketones is 1. The van der Waals surface area contributed by atoms with Crippen LogP contribution in [0.4, 0.5) is 0 Å². The van der Waals surface area contributed by atoms with Gasteiger partial charge in [-0.05, 0) is 60.5 Å². The molecule has 2 aliphatic heterocycles. The van der Waals surface area contributed by atoms with Crippen molar-refractivity contribution < 1.29 is 33.6 Å². The number of fused-ring (bicyclic) bond motifs is 1. The van der Waals surface area contributed by atoms with E-state index in [9.17, 15) is 14.7 Å². The number of methoxy groups -OCH3 is 1. The van der Waals surface area contributed by atoms with Crippen molar-refractivity contribution in [3.63, 3.8) is 0 Å². The first-order valence-electron chi connectivity index (χ1n) is 12.0. The Balaban J connectivity index is 1.61. The van der Waals surface area contributed by atoms with Crippen LogP contribution in [0.1, 0.15) is 29.7 Å². The van der Waals surface area contributed by atoms with Gasteiger partial charge in [0.25, 0.3) is 11.7 Å². The van der Waals surface area contributed by atoms with Crippen molar-refractivity contribution in [3.8, 4) is 23.0 Å². The maximum Gasteiger partial charge on any atom is 0.295 e. The lowest BCUT2D eigenvalue weighted by Gasteiger charge is -2.26. The van der Waals surface area contributed by atoms with E-state index in [-0.39, 0.29) is 17.9 Å². The van der Waals surface area contributed by atoms with Crippen LogP contribution in [-0.2, 0) is 16.1 Å². The third-order valence-corrected chi connectivity index (χ3v) is 6.35. The highest BCUT2D eigenvalue weighted by Crippen LogP contribution is 2.42. The predicted octanol–water partition coefficient (Wildman–Crippen LogP) is 4.49. The fourth-order valence-corrected chi connectivity index (χ4v) is 4.60. The molecule has 8 nitrogen and oxygen atoms in total. The zero-order valence-corrected chi connectivity index (χ0v) is 20.6. The second-order valence-electron chi connectivity index (χ2n) is 8.64. The lowest BCUT2D eigenvalue weighted by Crippen LogP contribution is -2.29. The van der Waals surface area contributed by atoms with Gasteiger partial charge in [-0.1, -0.05) is 24.3 Å². The number of aliphatic hydroxyl groups excluding tert-OH is 1. The number of Topliss-reactive ketones (excluding diaryl/α,β-unsaturated/α-hetero) is 1. The van der Waals surface area contributed by atoms with Crippen molar-refractivity contribution in [2.45, 2.75) is 19.5 Å². The van der Waals surface area contributed by atoms with E-state index in [4.69, 9.17) is 18.9 Å². The summed E-state index contributed by atoms with van der Waals surface area (Å²) >= 11 is 0. The van der Waals surface area contributed by atoms with Crippen LogP contribution in [0.15, 0.2) is 72.3 Å². The minimum Gasteiger partial charge on any atom is -0.507 e. The zero-order chi connectivity index (χ0) is 25.9. The number of ether oxygens (including phenoxy) is 4. The Bertz CT molecular complexity index is 1360. The van der Waals surface area contributed by atoms with Gasteiger partial charge in [0.1, 0.15) is 30.5 Å².